The van der Waals surface area contributed by atoms with Crippen LogP contribution in [-0.2, 0) is 17.8 Å². The molecule has 0 fully saturated rings. The number of benzene rings is 2. The van der Waals surface area contributed by atoms with Crippen LogP contribution in [0, 0.1) is 0 Å². The quantitative estimate of drug-likeness (QED) is 0.684. The first-order chi connectivity index (χ1) is 12.5. The molecule has 0 saturated carbocycles. The molecule has 0 aliphatic carbocycles. The zero-order valence-electron chi connectivity index (χ0n) is 14.7. The molecule has 2 aromatic carbocycles. The second-order valence-corrected chi connectivity index (χ2v) is 7.40. The molecule has 0 unspecified atom stereocenters. The summed E-state index contributed by atoms with van der Waals surface area (Å²) >= 11 is 7.70. The van der Waals surface area contributed by atoms with E-state index in [0.717, 1.165) is 27.5 Å². The molecule has 3 aromatic rings. The third kappa shape index (κ3) is 4.62. The molecule has 1 amide bonds. The summed E-state index contributed by atoms with van der Waals surface area (Å²) in [5.74, 6) is -0.0438. The van der Waals surface area contributed by atoms with Gasteiger partial charge in [-0.05, 0) is 23.8 Å². The third-order valence-corrected chi connectivity index (χ3v) is 5.19. The van der Waals surface area contributed by atoms with Gasteiger partial charge in [0.2, 0.25) is 5.91 Å². The van der Waals surface area contributed by atoms with Gasteiger partial charge in [-0.2, -0.15) is 0 Å². The van der Waals surface area contributed by atoms with E-state index in [0.29, 0.717) is 11.6 Å². The zero-order valence-corrected chi connectivity index (χ0v) is 16.3. The smallest absolute Gasteiger partial charge is 0.226 e. The van der Waals surface area contributed by atoms with Gasteiger partial charge in [0.25, 0.3) is 0 Å². The fraction of sp³-hybridized carbons (Fsp3) is 0.200. The van der Waals surface area contributed by atoms with E-state index in [9.17, 15) is 4.79 Å². The molecule has 0 spiro atoms. The van der Waals surface area contributed by atoms with E-state index in [-0.39, 0.29) is 12.3 Å². The Kier molecular flexibility index (Phi) is 5.91. The normalized spacial score (nSPS) is 10.6. The second-order valence-electron chi connectivity index (χ2n) is 6.14. The third-order valence-electron chi connectivity index (χ3n) is 3.94. The standard InChI is InChI=1S/C20H20ClN3OS/c1-24(2)16-9-7-14(8-10-16)12-22-19(25)11-15-13-26-20(23-15)17-5-3-4-6-18(17)21/h3-10,13H,11-12H2,1-2H3,(H,22,25). The number of hydrogen-bond acceptors (Lipinski definition) is 4. The molecule has 0 bridgehead atoms. The molecule has 0 atom stereocenters. The van der Waals surface area contributed by atoms with E-state index in [4.69, 9.17) is 11.6 Å². The van der Waals surface area contributed by atoms with Crippen molar-refractivity contribution in [2.45, 2.75) is 13.0 Å². The zero-order chi connectivity index (χ0) is 18.5. The van der Waals surface area contributed by atoms with Crippen LogP contribution in [0.1, 0.15) is 11.3 Å². The van der Waals surface area contributed by atoms with Crippen LogP contribution in [0.3, 0.4) is 0 Å². The van der Waals surface area contributed by atoms with Crippen LogP contribution in [0.4, 0.5) is 5.69 Å². The lowest BCUT2D eigenvalue weighted by molar-refractivity contribution is -0.120. The first kappa shape index (κ1) is 18.4. The maximum Gasteiger partial charge on any atom is 0.226 e. The van der Waals surface area contributed by atoms with Crippen molar-refractivity contribution >= 4 is 34.5 Å². The Labute approximate surface area is 162 Å². The minimum atomic E-state index is -0.0438. The van der Waals surface area contributed by atoms with E-state index in [2.05, 4.69) is 10.3 Å². The molecule has 6 heteroatoms. The van der Waals surface area contributed by atoms with Gasteiger partial charge < -0.3 is 10.2 Å². The van der Waals surface area contributed by atoms with Crippen molar-refractivity contribution in [3.05, 3.63) is 70.2 Å². The van der Waals surface area contributed by atoms with Gasteiger partial charge >= 0.3 is 0 Å². The maximum absolute atomic E-state index is 12.2. The summed E-state index contributed by atoms with van der Waals surface area (Å²) in [5, 5.41) is 6.35. The van der Waals surface area contributed by atoms with Gasteiger partial charge in [-0.15, -0.1) is 11.3 Å². The molecule has 1 heterocycles. The summed E-state index contributed by atoms with van der Waals surface area (Å²) in [5.41, 5.74) is 3.85. The van der Waals surface area contributed by atoms with E-state index < -0.39 is 0 Å². The Bertz CT molecular complexity index is 890. The molecule has 0 aliphatic rings. The molecular formula is C20H20ClN3OS. The average molecular weight is 386 g/mol. The number of nitrogens with one attached hydrogen (secondary N) is 1. The van der Waals surface area contributed by atoms with E-state index in [1.54, 1.807) is 0 Å². The highest BCUT2D eigenvalue weighted by Crippen LogP contribution is 2.30. The summed E-state index contributed by atoms with van der Waals surface area (Å²) in [6.07, 6.45) is 0.261. The maximum atomic E-state index is 12.2. The van der Waals surface area contributed by atoms with Gasteiger partial charge in [0, 0.05) is 37.3 Å². The van der Waals surface area contributed by atoms with Crippen LogP contribution in [-0.4, -0.2) is 25.0 Å². The highest BCUT2D eigenvalue weighted by molar-refractivity contribution is 7.13. The number of thiazole rings is 1. The molecule has 134 valence electrons. The van der Waals surface area contributed by atoms with Gasteiger partial charge in [0.1, 0.15) is 5.01 Å². The number of rotatable bonds is 6. The van der Waals surface area contributed by atoms with Gasteiger partial charge in [0.05, 0.1) is 17.1 Å². The van der Waals surface area contributed by atoms with Crippen molar-refractivity contribution in [1.29, 1.82) is 0 Å². The van der Waals surface area contributed by atoms with Crippen molar-refractivity contribution in [2.75, 3.05) is 19.0 Å². The largest absolute Gasteiger partial charge is 0.378 e. The number of amides is 1. The minimum absolute atomic E-state index is 0.0438. The van der Waals surface area contributed by atoms with Crippen LogP contribution in [0.5, 0.6) is 0 Å². The summed E-state index contributed by atoms with van der Waals surface area (Å²) in [6, 6.07) is 15.7. The number of hydrogen-bond donors (Lipinski definition) is 1. The fourth-order valence-corrected chi connectivity index (χ4v) is 3.63. The van der Waals surface area contributed by atoms with E-state index in [1.165, 1.54) is 11.3 Å². The Morgan fingerprint density at radius 2 is 1.88 bits per heavy atom. The van der Waals surface area contributed by atoms with Gasteiger partial charge in [-0.1, -0.05) is 41.9 Å². The lowest BCUT2D eigenvalue weighted by Crippen LogP contribution is -2.24. The molecule has 1 N–H and O–H groups in total. The number of anilines is 1. The molecule has 26 heavy (non-hydrogen) atoms. The van der Waals surface area contributed by atoms with Crippen molar-refractivity contribution in [1.82, 2.24) is 10.3 Å². The average Bonchev–Trinajstić information content (AvgIpc) is 3.09. The van der Waals surface area contributed by atoms with E-state index in [1.807, 2.05) is 72.9 Å². The molecule has 0 aliphatic heterocycles. The Morgan fingerprint density at radius 3 is 2.58 bits per heavy atom. The number of aromatic nitrogens is 1. The Balaban J connectivity index is 1.56. The lowest BCUT2D eigenvalue weighted by atomic mass is 10.2. The van der Waals surface area contributed by atoms with Crippen LogP contribution < -0.4 is 10.2 Å². The predicted molar refractivity (Wildman–Crippen MR) is 109 cm³/mol. The highest BCUT2D eigenvalue weighted by Gasteiger charge is 2.11. The summed E-state index contributed by atoms with van der Waals surface area (Å²) in [6.45, 7) is 0.508. The molecular weight excluding hydrogens is 366 g/mol. The lowest BCUT2D eigenvalue weighted by Gasteiger charge is -2.12. The minimum Gasteiger partial charge on any atom is -0.378 e. The number of carbonyl (C=O) groups excluding carboxylic acids is 1. The van der Waals surface area contributed by atoms with Crippen LogP contribution in [0.25, 0.3) is 10.6 Å². The fourth-order valence-electron chi connectivity index (χ4n) is 2.49. The summed E-state index contributed by atoms with van der Waals surface area (Å²) < 4.78 is 0. The molecule has 1 aromatic heterocycles. The van der Waals surface area contributed by atoms with Crippen molar-refractivity contribution in [3.8, 4) is 10.6 Å². The van der Waals surface area contributed by atoms with Crippen molar-refractivity contribution in [3.63, 3.8) is 0 Å². The van der Waals surface area contributed by atoms with E-state index >= 15 is 0 Å². The number of nitrogens with zero attached hydrogens (tertiary/aromatic N) is 2. The Hall–Kier alpha value is -2.37. The highest BCUT2D eigenvalue weighted by atomic mass is 35.5. The van der Waals surface area contributed by atoms with Gasteiger partial charge in [-0.25, -0.2) is 4.98 Å². The molecule has 0 radical (unpaired) electrons. The monoisotopic (exact) mass is 385 g/mol. The topological polar surface area (TPSA) is 45.2 Å². The van der Waals surface area contributed by atoms with Crippen molar-refractivity contribution in [2.24, 2.45) is 0 Å². The van der Waals surface area contributed by atoms with Crippen molar-refractivity contribution < 1.29 is 4.79 Å². The first-order valence-electron chi connectivity index (χ1n) is 8.25. The number of halogens is 1. The summed E-state index contributed by atoms with van der Waals surface area (Å²) in [4.78, 5) is 18.8. The number of carbonyl (C=O) groups is 1. The first-order valence-corrected chi connectivity index (χ1v) is 9.51. The molecule has 0 saturated heterocycles. The van der Waals surface area contributed by atoms with Gasteiger partial charge in [0.15, 0.2) is 0 Å². The molecule has 4 nitrogen and oxygen atoms in total. The van der Waals surface area contributed by atoms with Crippen LogP contribution in [0.2, 0.25) is 5.02 Å². The van der Waals surface area contributed by atoms with Crippen LogP contribution >= 0.6 is 22.9 Å². The summed E-state index contributed by atoms with van der Waals surface area (Å²) in [7, 11) is 4.00. The predicted octanol–water partition coefficient (Wildman–Crippen LogP) is 4.39. The SMILES string of the molecule is CN(C)c1ccc(CNC(=O)Cc2csc(-c3ccccc3Cl)n2)cc1. The second kappa shape index (κ2) is 8.34. The Morgan fingerprint density at radius 1 is 1.15 bits per heavy atom. The van der Waals surface area contributed by atoms with Crippen LogP contribution in [0.15, 0.2) is 53.9 Å². The van der Waals surface area contributed by atoms with Gasteiger partial charge in [-0.3, -0.25) is 4.79 Å². The molecule has 3 rings (SSSR count).